The molecule has 1 saturated carbocycles. The third-order valence-electron chi connectivity index (χ3n) is 4.49. The first-order valence-corrected chi connectivity index (χ1v) is 6.99. The van der Waals surface area contributed by atoms with Crippen molar-refractivity contribution in [3.05, 3.63) is 0 Å². The SMILES string of the molecule is COC(C)(C)CCC(=O)C1(OC)CCC(C)CC1. The molecule has 0 aliphatic heterocycles. The van der Waals surface area contributed by atoms with Gasteiger partial charge in [-0.1, -0.05) is 6.92 Å². The number of ether oxygens (including phenoxy) is 2. The fraction of sp³-hybridized carbons (Fsp3) is 0.933. The Morgan fingerprint density at radius 1 is 1.28 bits per heavy atom. The molecule has 0 saturated heterocycles. The summed E-state index contributed by atoms with van der Waals surface area (Å²) in [7, 11) is 3.37. The van der Waals surface area contributed by atoms with E-state index in [9.17, 15) is 4.79 Å². The summed E-state index contributed by atoms with van der Waals surface area (Å²) in [5.74, 6) is 0.971. The zero-order valence-electron chi connectivity index (χ0n) is 12.5. The smallest absolute Gasteiger partial charge is 0.164 e. The molecule has 1 fully saturated rings. The highest BCUT2D eigenvalue weighted by Gasteiger charge is 2.40. The molecule has 0 radical (unpaired) electrons. The fourth-order valence-corrected chi connectivity index (χ4v) is 2.57. The van der Waals surface area contributed by atoms with Gasteiger partial charge in [0.25, 0.3) is 0 Å². The zero-order chi connectivity index (χ0) is 13.8. The first kappa shape index (κ1) is 15.6. The van der Waals surface area contributed by atoms with Crippen molar-refractivity contribution in [1.29, 1.82) is 0 Å². The van der Waals surface area contributed by atoms with Gasteiger partial charge in [0, 0.05) is 20.6 Å². The quantitative estimate of drug-likeness (QED) is 0.731. The van der Waals surface area contributed by atoms with Crippen molar-refractivity contribution in [3.63, 3.8) is 0 Å². The molecule has 1 aliphatic rings. The molecule has 0 heterocycles. The number of carbonyl (C=O) groups is 1. The first-order valence-electron chi connectivity index (χ1n) is 6.99. The van der Waals surface area contributed by atoms with E-state index in [4.69, 9.17) is 9.47 Å². The van der Waals surface area contributed by atoms with Crippen molar-refractivity contribution in [2.24, 2.45) is 5.92 Å². The summed E-state index contributed by atoms with van der Waals surface area (Å²) in [5.41, 5.74) is -0.747. The molecule has 0 bridgehead atoms. The molecule has 0 atom stereocenters. The van der Waals surface area contributed by atoms with Crippen LogP contribution in [0.25, 0.3) is 0 Å². The molecular weight excluding hydrogens is 228 g/mol. The van der Waals surface area contributed by atoms with Crippen molar-refractivity contribution in [2.75, 3.05) is 14.2 Å². The molecule has 0 amide bonds. The molecule has 3 heteroatoms. The van der Waals surface area contributed by atoms with E-state index in [0.717, 1.165) is 38.0 Å². The van der Waals surface area contributed by atoms with E-state index in [0.29, 0.717) is 6.42 Å². The van der Waals surface area contributed by atoms with E-state index < -0.39 is 5.60 Å². The summed E-state index contributed by atoms with van der Waals surface area (Å²) in [6, 6.07) is 0. The Morgan fingerprint density at radius 2 is 1.83 bits per heavy atom. The normalized spacial score (nSPS) is 29.3. The minimum Gasteiger partial charge on any atom is -0.379 e. The monoisotopic (exact) mass is 256 g/mol. The van der Waals surface area contributed by atoms with Crippen LogP contribution in [-0.4, -0.2) is 31.2 Å². The second kappa shape index (κ2) is 6.16. The number of Topliss-reactive ketones (excluding diaryl/α,β-unsaturated/α-hetero) is 1. The van der Waals surface area contributed by atoms with Gasteiger partial charge in [-0.2, -0.15) is 0 Å². The molecule has 0 unspecified atom stereocenters. The van der Waals surface area contributed by atoms with Gasteiger partial charge in [0.2, 0.25) is 0 Å². The molecule has 1 rings (SSSR count). The lowest BCUT2D eigenvalue weighted by Crippen LogP contribution is -2.44. The Labute approximate surface area is 111 Å². The lowest BCUT2D eigenvalue weighted by atomic mass is 9.75. The first-order chi connectivity index (χ1) is 8.35. The molecule has 0 aromatic rings. The lowest BCUT2D eigenvalue weighted by molar-refractivity contribution is -0.147. The van der Waals surface area contributed by atoms with Crippen LogP contribution in [0.3, 0.4) is 0 Å². The number of rotatable bonds is 6. The molecular formula is C15H28O3. The van der Waals surface area contributed by atoms with Crippen LogP contribution in [-0.2, 0) is 14.3 Å². The number of hydrogen-bond donors (Lipinski definition) is 0. The van der Waals surface area contributed by atoms with E-state index in [1.165, 1.54) is 0 Å². The maximum absolute atomic E-state index is 12.4. The minimum absolute atomic E-state index is 0.230. The van der Waals surface area contributed by atoms with Gasteiger partial charge in [-0.05, 0) is 51.9 Å². The highest BCUT2D eigenvalue weighted by molar-refractivity contribution is 5.87. The second-order valence-electron chi connectivity index (χ2n) is 6.27. The molecule has 0 aromatic carbocycles. The largest absolute Gasteiger partial charge is 0.379 e. The Balaban J connectivity index is 2.57. The van der Waals surface area contributed by atoms with Gasteiger partial charge >= 0.3 is 0 Å². The van der Waals surface area contributed by atoms with Crippen molar-refractivity contribution in [2.45, 2.75) is 70.5 Å². The van der Waals surface area contributed by atoms with Gasteiger partial charge in [0.15, 0.2) is 5.78 Å². The van der Waals surface area contributed by atoms with Gasteiger partial charge in [0.05, 0.1) is 5.60 Å². The average Bonchev–Trinajstić information content (AvgIpc) is 2.37. The number of carbonyl (C=O) groups excluding carboxylic acids is 1. The molecule has 0 spiro atoms. The molecule has 3 nitrogen and oxygen atoms in total. The number of methoxy groups -OCH3 is 2. The molecule has 106 valence electrons. The third-order valence-corrected chi connectivity index (χ3v) is 4.49. The highest BCUT2D eigenvalue weighted by atomic mass is 16.5. The standard InChI is InChI=1S/C15H28O3/c1-12-6-10-15(18-5,11-7-12)13(16)8-9-14(2,3)17-4/h12H,6-11H2,1-5H3. The third kappa shape index (κ3) is 3.79. The zero-order valence-corrected chi connectivity index (χ0v) is 12.5. The van der Waals surface area contributed by atoms with Crippen LogP contribution in [0.4, 0.5) is 0 Å². The number of hydrogen-bond acceptors (Lipinski definition) is 3. The number of ketones is 1. The van der Waals surface area contributed by atoms with Gasteiger partial charge in [-0.3, -0.25) is 4.79 Å². The van der Waals surface area contributed by atoms with Gasteiger partial charge < -0.3 is 9.47 Å². The summed E-state index contributed by atoms with van der Waals surface area (Å²) < 4.78 is 11.0. The Morgan fingerprint density at radius 3 is 2.28 bits per heavy atom. The average molecular weight is 256 g/mol. The maximum atomic E-state index is 12.4. The molecule has 1 aliphatic carbocycles. The van der Waals surface area contributed by atoms with Gasteiger partial charge in [-0.25, -0.2) is 0 Å². The lowest BCUT2D eigenvalue weighted by Gasteiger charge is -2.37. The Hall–Kier alpha value is -0.410. The van der Waals surface area contributed by atoms with Crippen molar-refractivity contribution < 1.29 is 14.3 Å². The van der Waals surface area contributed by atoms with Crippen LogP contribution in [0.15, 0.2) is 0 Å². The molecule has 0 aromatic heterocycles. The van der Waals surface area contributed by atoms with Crippen LogP contribution >= 0.6 is 0 Å². The van der Waals surface area contributed by atoms with E-state index in [2.05, 4.69) is 6.92 Å². The van der Waals surface area contributed by atoms with Gasteiger partial charge in [0.1, 0.15) is 5.60 Å². The van der Waals surface area contributed by atoms with Crippen molar-refractivity contribution in [3.8, 4) is 0 Å². The van der Waals surface area contributed by atoms with Gasteiger partial charge in [-0.15, -0.1) is 0 Å². The summed E-state index contributed by atoms with van der Waals surface area (Å²) in [4.78, 5) is 12.4. The van der Waals surface area contributed by atoms with E-state index >= 15 is 0 Å². The van der Waals surface area contributed by atoms with Crippen LogP contribution in [0.1, 0.15) is 59.3 Å². The fourth-order valence-electron chi connectivity index (χ4n) is 2.57. The van der Waals surface area contributed by atoms with Crippen molar-refractivity contribution >= 4 is 5.78 Å². The predicted octanol–water partition coefficient (Wildman–Crippen LogP) is 3.36. The highest BCUT2D eigenvalue weighted by Crippen LogP contribution is 2.36. The van der Waals surface area contributed by atoms with Crippen LogP contribution < -0.4 is 0 Å². The van der Waals surface area contributed by atoms with Crippen LogP contribution in [0, 0.1) is 5.92 Å². The summed E-state index contributed by atoms with van der Waals surface area (Å²) in [6.45, 7) is 6.28. The summed E-state index contributed by atoms with van der Waals surface area (Å²) in [6.07, 6.45) is 5.22. The van der Waals surface area contributed by atoms with E-state index in [-0.39, 0.29) is 11.4 Å². The van der Waals surface area contributed by atoms with Crippen molar-refractivity contribution in [1.82, 2.24) is 0 Å². The maximum Gasteiger partial charge on any atom is 0.164 e. The minimum atomic E-state index is -0.518. The Kier molecular flexibility index (Phi) is 5.35. The van der Waals surface area contributed by atoms with E-state index in [1.54, 1.807) is 14.2 Å². The predicted molar refractivity (Wildman–Crippen MR) is 72.7 cm³/mol. The van der Waals surface area contributed by atoms with Crippen LogP contribution in [0.2, 0.25) is 0 Å². The summed E-state index contributed by atoms with van der Waals surface area (Å²) >= 11 is 0. The topological polar surface area (TPSA) is 35.5 Å². The second-order valence-corrected chi connectivity index (χ2v) is 6.27. The Bertz CT molecular complexity index is 275. The molecule has 0 N–H and O–H groups in total. The summed E-state index contributed by atoms with van der Waals surface area (Å²) in [5, 5.41) is 0. The molecule has 18 heavy (non-hydrogen) atoms. The van der Waals surface area contributed by atoms with Crippen LogP contribution in [0.5, 0.6) is 0 Å². The van der Waals surface area contributed by atoms with E-state index in [1.807, 2.05) is 13.8 Å².